The van der Waals surface area contributed by atoms with E-state index in [1.54, 1.807) is 0 Å². The van der Waals surface area contributed by atoms with Gasteiger partial charge in [0.05, 0.1) is 11.0 Å². The molecule has 1 unspecified atom stereocenters. The molecule has 0 radical (unpaired) electrons. The number of piperazine rings is 1. The molecular formula is C23H32N4O3. The molecule has 7 heteroatoms. The Morgan fingerprint density at radius 1 is 1.17 bits per heavy atom. The molecule has 30 heavy (non-hydrogen) atoms. The zero-order valence-electron chi connectivity index (χ0n) is 18.2. The van der Waals surface area contributed by atoms with Crippen LogP contribution in [-0.4, -0.2) is 57.6 Å². The van der Waals surface area contributed by atoms with Crippen LogP contribution in [0.25, 0.3) is 11.0 Å². The van der Waals surface area contributed by atoms with E-state index in [0.29, 0.717) is 38.8 Å². The number of hydrogen-bond acceptors (Lipinski definition) is 5. The van der Waals surface area contributed by atoms with Gasteiger partial charge in [-0.25, -0.2) is 0 Å². The Hall–Kier alpha value is -2.54. The van der Waals surface area contributed by atoms with Gasteiger partial charge in [0.15, 0.2) is 0 Å². The van der Waals surface area contributed by atoms with E-state index in [1.165, 1.54) is 0 Å². The van der Waals surface area contributed by atoms with E-state index in [9.17, 15) is 14.4 Å². The number of fused-ring (bicyclic) bond motifs is 1. The zero-order chi connectivity index (χ0) is 21.7. The van der Waals surface area contributed by atoms with Crippen molar-refractivity contribution in [3.05, 3.63) is 39.8 Å². The Bertz CT molecular complexity index is 961. The minimum Gasteiger partial charge on any atom is -0.340 e. The lowest BCUT2D eigenvalue weighted by molar-refractivity contribution is -0.137. The quantitative estimate of drug-likeness (QED) is 0.834. The molecule has 1 saturated heterocycles. The van der Waals surface area contributed by atoms with E-state index in [-0.39, 0.29) is 23.2 Å². The van der Waals surface area contributed by atoms with E-state index < -0.39 is 0 Å². The van der Waals surface area contributed by atoms with E-state index in [4.69, 9.17) is 0 Å². The third kappa shape index (κ3) is 4.95. The second-order valence-electron chi connectivity index (χ2n) is 7.83. The number of aromatic amines is 1. The summed E-state index contributed by atoms with van der Waals surface area (Å²) >= 11 is 0. The number of pyridine rings is 2. The highest BCUT2D eigenvalue weighted by atomic mass is 16.2. The van der Waals surface area contributed by atoms with Crippen LogP contribution in [0, 0.1) is 5.92 Å². The molecule has 1 aliphatic carbocycles. The summed E-state index contributed by atoms with van der Waals surface area (Å²) in [5, 5.41) is 0. The summed E-state index contributed by atoms with van der Waals surface area (Å²) in [6.45, 7) is 9.69. The molecule has 0 bridgehead atoms. The van der Waals surface area contributed by atoms with Gasteiger partial charge in [-0.15, -0.1) is 0 Å². The van der Waals surface area contributed by atoms with Crippen LogP contribution < -0.4 is 5.56 Å². The first-order chi connectivity index (χ1) is 14.5. The van der Waals surface area contributed by atoms with Crippen molar-refractivity contribution in [2.45, 2.75) is 53.0 Å². The van der Waals surface area contributed by atoms with E-state index in [1.807, 2.05) is 44.0 Å². The molecular weight excluding hydrogens is 380 g/mol. The number of rotatable bonds is 4. The summed E-state index contributed by atoms with van der Waals surface area (Å²) in [6, 6.07) is 3.85. The third-order valence-corrected chi connectivity index (χ3v) is 5.89. The molecule has 2 aliphatic rings. The highest BCUT2D eigenvalue weighted by Crippen LogP contribution is 2.24. The van der Waals surface area contributed by atoms with Crippen LogP contribution >= 0.6 is 0 Å². The van der Waals surface area contributed by atoms with Crippen molar-refractivity contribution < 1.29 is 9.59 Å². The maximum atomic E-state index is 12.6. The zero-order valence-corrected chi connectivity index (χ0v) is 18.2. The van der Waals surface area contributed by atoms with Crippen LogP contribution in [-0.2, 0) is 22.6 Å². The summed E-state index contributed by atoms with van der Waals surface area (Å²) in [6.07, 6.45) is 4.22. The number of nitrogens with one attached hydrogen (secondary N) is 1. The number of aryl methyl sites for hydroxylation is 1. The average molecular weight is 413 g/mol. The highest BCUT2D eigenvalue weighted by molar-refractivity contribution is 5.90. The van der Waals surface area contributed by atoms with Crippen LogP contribution in [0.4, 0.5) is 0 Å². The number of hydrogen-bond donors (Lipinski definition) is 1. The minimum absolute atomic E-state index is 0.0496. The number of nitrogens with zero attached hydrogens (tertiary/aromatic N) is 3. The lowest BCUT2D eigenvalue weighted by atomic mass is 10.1. The SMILES string of the molecule is CC.CCc1cc2ncc(CN3CCN(C(=O)C4CCC(=O)C4)CC3)cc2[nH]c1=O. The lowest BCUT2D eigenvalue weighted by Gasteiger charge is -2.35. The maximum absolute atomic E-state index is 12.6. The second-order valence-corrected chi connectivity index (χ2v) is 7.83. The monoisotopic (exact) mass is 412 g/mol. The summed E-state index contributed by atoms with van der Waals surface area (Å²) in [5.41, 5.74) is 3.32. The largest absolute Gasteiger partial charge is 0.340 e. The molecule has 7 nitrogen and oxygen atoms in total. The Balaban J connectivity index is 0.00000124. The standard InChI is InChI=1S/C21H26N4O3.C2H6/c1-2-15-11-18-19(23-20(15)27)9-14(12-22-18)13-24-5-7-25(8-6-24)21(28)16-3-4-17(26)10-16;1-2/h9,11-12,16H,2-8,10,13H2,1H3,(H,23,27);1-2H3. The number of ketones is 1. The van der Waals surface area contributed by atoms with Gasteiger partial charge in [0.2, 0.25) is 5.91 Å². The molecule has 0 spiro atoms. The molecule has 162 valence electrons. The first-order valence-corrected chi connectivity index (χ1v) is 11.1. The van der Waals surface area contributed by atoms with Crippen molar-refractivity contribution in [2.75, 3.05) is 26.2 Å². The van der Waals surface area contributed by atoms with Gasteiger partial charge in [0.1, 0.15) is 5.78 Å². The van der Waals surface area contributed by atoms with Crippen LogP contribution in [0.3, 0.4) is 0 Å². The molecule has 2 fully saturated rings. The van der Waals surface area contributed by atoms with Gasteiger partial charge in [-0.2, -0.15) is 0 Å². The van der Waals surface area contributed by atoms with Gasteiger partial charge in [-0.05, 0) is 30.5 Å². The summed E-state index contributed by atoms with van der Waals surface area (Å²) in [7, 11) is 0. The maximum Gasteiger partial charge on any atom is 0.251 e. The van der Waals surface area contributed by atoms with Crippen LogP contribution in [0.1, 0.15) is 51.2 Å². The normalized spacial score (nSPS) is 19.6. The fourth-order valence-electron chi connectivity index (χ4n) is 4.18. The van der Waals surface area contributed by atoms with Crippen LogP contribution in [0.2, 0.25) is 0 Å². The average Bonchev–Trinajstić information content (AvgIpc) is 3.21. The number of amides is 1. The Morgan fingerprint density at radius 2 is 1.90 bits per heavy atom. The van der Waals surface area contributed by atoms with E-state index in [2.05, 4.69) is 14.9 Å². The summed E-state index contributed by atoms with van der Waals surface area (Å²) < 4.78 is 0. The first kappa shape index (κ1) is 22.2. The van der Waals surface area contributed by atoms with Crippen molar-refractivity contribution in [2.24, 2.45) is 5.92 Å². The van der Waals surface area contributed by atoms with Gasteiger partial charge in [-0.1, -0.05) is 20.8 Å². The molecule has 2 aromatic heterocycles. The van der Waals surface area contributed by atoms with Gasteiger partial charge < -0.3 is 9.88 Å². The molecule has 1 N–H and O–H groups in total. The Kier molecular flexibility index (Phi) is 7.37. The molecule has 1 aliphatic heterocycles. The van der Waals surface area contributed by atoms with Gasteiger partial charge >= 0.3 is 0 Å². The summed E-state index contributed by atoms with van der Waals surface area (Å²) in [5.74, 6) is 0.251. The number of H-pyrrole nitrogens is 1. The van der Waals surface area contributed by atoms with E-state index >= 15 is 0 Å². The first-order valence-electron chi connectivity index (χ1n) is 11.1. The number of carbonyl (C=O) groups is 2. The molecule has 1 amide bonds. The van der Waals surface area contributed by atoms with E-state index in [0.717, 1.165) is 41.8 Å². The van der Waals surface area contributed by atoms with Gasteiger partial charge in [0.25, 0.3) is 5.56 Å². The molecule has 1 saturated carbocycles. The number of aromatic nitrogens is 2. The van der Waals surface area contributed by atoms with Gasteiger partial charge in [-0.3, -0.25) is 24.3 Å². The van der Waals surface area contributed by atoms with Crippen molar-refractivity contribution >= 4 is 22.7 Å². The molecule has 0 aromatic carbocycles. The topological polar surface area (TPSA) is 86.4 Å². The molecule has 2 aromatic rings. The molecule has 3 heterocycles. The third-order valence-electron chi connectivity index (χ3n) is 5.89. The fraction of sp³-hybridized carbons (Fsp3) is 0.565. The van der Waals surface area contributed by atoms with Crippen LogP contribution in [0.15, 0.2) is 23.1 Å². The summed E-state index contributed by atoms with van der Waals surface area (Å²) in [4.78, 5) is 47.7. The Morgan fingerprint density at radius 3 is 2.53 bits per heavy atom. The van der Waals surface area contributed by atoms with Crippen molar-refractivity contribution in [3.63, 3.8) is 0 Å². The highest BCUT2D eigenvalue weighted by Gasteiger charge is 2.32. The number of carbonyl (C=O) groups excluding carboxylic acids is 2. The predicted octanol–water partition coefficient (Wildman–Crippen LogP) is 2.53. The molecule has 1 atom stereocenters. The van der Waals surface area contributed by atoms with Crippen LogP contribution in [0.5, 0.6) is 0 Å². The number of Topliss-reactive ketones (excluding diaryl/α,β-unsaturated/α-hetero) is 1. The molecule has 4 rings (SSSR count). The second kappa shape index (κ2) is 9.98. The Labute approximate surface area is 177 Å². The van der Waals surface area contributed by atoms with Gasteiger partial charge in [0, 0.05) is 63.2 Å². The fourth-order valence-corrected chi connectivity index (χ4v) is 4.18. The van der Waals surface area contributed by atoms with Crippen molar-refractivity contribution in [3.8, 4) is 0 Å². The predicted molar refractivity (Wildman–Crippen MR) is 117 cm³/mol. The lowest BCUT2D eigenvalue weighted by Crippen LogP contribution is -2.49. The van der Waals surface area contributed by atoms with Crippen molar-refractivity contribution in [1.29, 1.82) is 0 Å². The van der Waals surface area contributed by atoms with Crippen molar-refractivity contribution in [1.82, 2.24) is 19.8 Å². The smallest absolute Gasteiger partial charge is 0.251 e. The minimum atomic E-state index is -0.103.